The van der Waals surface area contributed by atoms with E-state index in [4.69, 9.17) is 0 Å². The first-order valence-corrected chi connectivity index (χ1v) is 4.44. The quantitative estimate of drug-likeness (QED) is 0.576. The number of allylic oxidation sites excluding steroid dienone is 1. The SMILES string of the molecule is OC1CCC(CC2=CC2)NC1. The third-order valence-corrected chi connectivity index (χ3v) is 2.49. The molecule has 0 radical (unpaired) electrons. The van der Waals surface area contributed by atoms with Gasteiger partial charge in [-0.05, 0) is 25.7 Å². The van der Waals surface area contributed by atoms with Crippen LogP contribution in [0.15, 0.2) is 11.6 Å². The van der Waals surface area contributed by atoms with Crippen LogP contribution in [0.2, 0.25) is 0 Å². The molecule has 2 N–H and O–H groups in total. The Labute approximate surface area is 67.3 Å². The van der Waals surface area contributed by atoms with Gasteiger partial charge in [0.25, 0.3) is 0 Å². The summed E-state index contributed by atoms with van der Waals surface area (Å²) < 4.78 is 0. The second kappa shape index (κ2) is 2.95. The van der Waals surface area contributed by atoms with Crippen LogP contribution in [-0.2, 0) is 0 Å². The molecular formula is C9H15NO. The Hall–Kier alpha value is -0.340. The van der Waals surface area contributed by atoms with Gasteiger partial charge in [0.05, 0.1) is 6.10 Å². The zero-order valence-corrected chi connectivity index (χ0v) is 6.71. The van der Waals surface area contributed by atoms with Gasteiger partial charge in [-0.15, -0.1) is 0 Å². The molecule has 1 saturated heterocycles. The predicted octanol–water partition coefficient (Wildman–Crippen LogP) is 0.819. The monoisotopic (exact) mass is 153 g/mol. The summed E-state index contributed by atoms with van der Waals surface area (Å²) in [5.74, 6) is 0. The molecule has 0 aromatic heterocycles. The second-order valence-electron chi connectivity index (χ2n) is 3.61. The Bertz CT molecular complexity index is 168. The Balaban J connectivity index is 1.73. The number of aliphatic hydroxyl groups excluding tert-OH is 1. The van der Waals surface area contributed by atoms with Crippen LogP contribution >= 0.6 is 0 Å². The van der Waals surface area contributed by atoms with Crippen molar-refractivity contribution in [3.63, 3.8) is 0 Å². The molecule has 0 aromatic carbocycles. The molecule has 2 atom stereocenters. The van der Waals surface area contributed by atoms with Crippen molar-refractivity contribution < 1.29 is 5.11 Å². The molecule has 0 aromatic rings. The molecule has 1 heterocycles. The zero-order valence-electron chi connectivity index (χ0n) is 6.71. The fourth-order valence-corrected chi connectivity index (χ4v) is 1.63. The fraction of sp³-hybridized carbons (Fsp3) is 0.778. The third-order valence-electron chi connectivity index (χ3n) is 2.49. The normalized spacial score (nSPS) is 36.6. The molecule has 0 bridgehead atoms. The number of nitrogens with one attached hydrogen (secondary N) is 1. The summed E-state index contributed by atoms with van der Waals surface area (Å²) in [5, 5.41) is 12.5. The molecule has 1 aliphatic carbocycles. The van der Waals surface area contributed by atoms with Crippen molar-refractivity contribution in [2.75, 3.05) is 6.54 Å². The maximum Gasteiger partial charge on any atom is 0.0665 e. The lowest BCUT2D eigenvalue weighted by molar-refractivity contribution is 0.126. The molecule has 2 nitrogen and oxygen atoms in total. The van der Waals surface area contributed by atoms with Crippen molar-refractivity contribution in [2.24, 2.45) is 0 Å². The third kappa shape index (κ3) is 2.04. The lowest BCUT2D eigenvalue weighted by Gasteiger charge is -2.26. The van der Waals surface area contributed by atoms with E-state index in [0.29, 0.717) is 6.04 Å². The molecule has 0 spiro atoms. The lowest BCUT2D eigenvalue weighted by Crippen LogP contribution is -2.41. The zero-order chi connectivity index (χ0) is 7.68. The number of rotatable bonds is 2. The molecule has 0 amide bonds. The highest BCUT2D eigenvalue weighted by atomic mass is 16.3. The summed E-state index contributed by atoms with van der Waals surface area (Å²) in [4.78, 5) is 0. The highest BCUT2D eigenvalue weighted by Crippen LogP contribution is 2.26. The molecule has 1 aliphatic heterocycles. The van der Waals surface area contributed by atoms with Gasteiger partial charge < -0.3 is 10.4 Å². The molecule has 11 heavy (non-hydrogen) atoms. The first-order valence-electron chi connectivity index (χ1n) is 4.44. The van der Waals surface area contributed by atoms with Gasteiger partial charge in [0.1, 0.15) is 0 Å². The van der Waals surface area contributed by atoms with Crippen LogP contribution in [0.1, 0.15) is 25.7 Å². The van der Waals surface area contributed by atoms with Crippen LogP contribution in [0.5, 0.6) is 0 Å². The molecule has 2 heteroatoms. The second-order valence-corrected chi connectivity index (χ2v) is 3.61. The first kappa shape index (κ1) is 7.32. The average molecular weight is 153 g/mol. The van der Waals surface area contributed by atoms with Crippen molar-refractivity contribution in [1.82, 2.24) is 5.32 Å². The molecule has 62 valence electrons. The summed E-state index contributed by atoms with van der Waals surface area (Å²) in [7, 11) is 0. The van der Waals surface area contributed by atoms with Crippen LogP contribution < -0.4 is 5.32 Å². The van der Waals surface area contributed by atoms with Gasteiger partial charge in [-0.1, -0.05) is 11.6 Å². The van der Waals surface area contributed by atoms with Crippen molar-refractivity contribution in [2.45, 2.75) is 37.8 Å². The fourth-order valence-electron chi connectivity index (χ4n) is 1.63. The minimum atomic E-state index is -0.0977. The van der Waals surface area contributed by atoms with Gasteiger partial charge in [-0.2, -0.15) is 0 Å². The van der Waals surface area contributed by atoms with Crippen LogP contribution in [0, 0.1) is 0 Å². The minimum Gasteiger partial charge on any atom is -0.392 e. The van der Waals surface area contributed by atoms with Crippen LogP contribution in [0.4, 0.5) is 0 Å². The highest BCUT2D eigenvalue weighted by molar-refractivity contribution is 5.22. The minimum absolute atomic E-state index is 0.0977. The van der Waals surface area contributed by atoms with Crippen molar-refractivity contribution in [3.05, 3.63) is 11.6 Å². The molecule has 2 unspecified atom stereocenters. The molecule has 1 fully saturated rings. The maximum atomic E-state index is 9.20. The Morgan fingerprint density at radius 3 is 2.91 bits per heavy atom. The molecule has 2 aliphatic rings. The largest absolute Gasteiger partial charge is 0.392 e. The highest BCUT2D eigenvalue weighted by Gasteiger charge is 2.21. The Morgan fingerprint density at radius 1 is 1.55 bits per heavy atom. The van der Waals surface area contributed by atoms with E-state index in [1.54, 1.807) is 5.57 Å². The number of piperidine rings is 1. The van der Waals surface area contributed by atoms with E-state index in [9.17, 15) is 5.11 Å². The van der Waals surface area contributed by atoms with Crippen molar-refractivity contribution in [3.8, 4) is 0 Å². The lowest BCUT2D eigenvalue weighted by atomic mass is 9.99. The summed E-state index contributed by atoms with van der Waals surface area (Å²) in [5.41, 5.74) is 1.60. The van der Waals surface area contributed by atoms with Gasteiger partial charge in [-0.3, -0.25) is 0 Å². The van der Waals surface area contributed by atoms with E-state index in [-0.39, 0.29) is 6.10 Å². The molecule has 0 saturated carbocycles. The molecular weight excluding hydrogens is 138 g/mol. The smallest absolute Gasteiger partial charge is 0.0665 e. The topological polar surface area (TPSA) is 32.3 Å². The van der Waals surface area contributed by atoms with Gasteiger partial charge in [-0.25, -0.2) is 0 Å². The number of hydrogen-bond acceptors (Lipinski definition) is 2. The van der Waals surface area contributed by atoms with Gasteiger partial charge in [0.15, 0.2) is 0 Å². The summed E-state index contributed by atoms with van der Waals surface area (Å²) in [6.45, 7) is 0.790. The summed E-state index contributed by atoms with van der Waals surface area (Å²) in [6.07, 6.45) is 6.75. The van der Waals surface area contributed by atoms with Crippen LogP contribution in [0.3, 0.4) is 0 Å². The summed E-state index contributed by atoms with van der Waals surface area (Å²) >= 11 is 0. The van der Waals surface area contributed by atoms with E-state index < -0.39 is 0 Å². The van der Waals surface area contributed by atoms with Gasteiger partial charge in [0, 0.05) is 12.6 Å². The van der Waals surface area contributed by atoms with Gasteiger partial charge in [0.2, 0.25) is 0 Å². The number of aliphatic hydroxyl groups is 1. The van der Waals surface area contributed by atoms with E-state index in [2.05, 4.69) is 11.4 Å². The molecule has 2 rings (SSSR count). The van der Waals surface area contributed by atoms with E-state index in [1.165, 1.54) is 12.8 Å². The Kier molecular flexibility index (Phi) is 1.96. The van der Waals surface area contributed by atoms with Crippen molar-refractivity contribution >= 4 is 0 Å². The average Bonchev–Trinajstić information content (AvgIpc) is 2.78. The summed E-state index contributed by atoms with van der Waals surface area (Å²) in [6, 6.07) is 0.646. The Morgan fingerprint density at radius 2 is 2.36 bits per heavy atom. The van der Waals surface area contributed by atoms with Crippen molar-refractivity contribution in [1.29, 1.82) is 0 Å². The maximum absolute atomic E-state index is 9.20. The van der Waals surface area contributed by atoms with E-state index in [1.807, 2.05) is 0 Å². The van der Waals surface area contributed by atoms with E-state index >= 15 is 0 Å². The standard InChI is InChI=1S/C9H15NO/c11-9-4-3-8(10-6-9)5-7-1-2-7/h1,8-11H,2-6H2. The first-order chi connectivity index (χ1) is 5.34. The van der Waals surface area contributed by atoms with E-state index in [0.717, 1.165) is 19.4 Å². The van der Waals surface area contributed by atoms with Crippen LogP contribution in [-0.4, -0.2) is 23.8 Å². The number of β-amino-alcohol motifs (C(OH)–C–C–N with tert-alkyl or cyclic N) is 1. The van der Waals surface area contributed by atoms with Gasteiger partial charge >= 0.3 is 0 Å². The predicted molar refractivity (Wildman–Crippen MR) is 44.3 cm³/mol. The number of hydrogen-bond donors (Lipinski definition) is 2. The van der Waals surface area contributed by atoms with Crippen LogP contribution in [0.25, 0.3) is 0 Å².